The monoisotopic (exact) mass is 248 g/mol. The third kappa shape index (κ3) is 4.13. The lowest BCUT2D eigenvalue weighted by Crippen LogP contribution is -2.51. The average Bonchev–Trinajstić information content (AvgIpc) is 2.38. The van der Waals surface area contributed by atoms with Gasteiger partial charge in [-0.3, -0.25) is 9.69 Å². The van der Waals surface area contributed by atoms with E-state index >= 15 is 0 Å². The van der Waals surface area contributed by atoms with Gasteiger partial charge in [0.2, 0.25) is 0 Å². The summed E-state index contributed by atoms with van der Waals surface area (Å²) in [5, 5.41) is 12.2. The fraction of sp³-hybridized carbons (Fsp3) is 0.500. The van der Waals surface area contributed by atoms with Crippen molar-refractivity contribution >= 4 is 5.97 Å². The Morgan fingerprint density at radius 1 is 1.39 bits per heavy atom. The molecule has 0 radical (unpaired) electrons. The fourth-order valence-electron chi connectivity index (χ4n) is 2.39. The van der Waals surface area contributed by atoms with Crippen molar-refractivity contribution in [3.05, 3.63) is 35.9 Å². The van der Waals surface area contributed by atoms with Gasteiger partial charge in [0.1, 0.15) is 0 Å². The van der Waals surface area contributed by atoms with Gasteiger partial charge in [0.25, 0.3) is 0 Å². The quantitative estimate of drug-likeness (QED) is 0.815. The van der Waals surface area contributed by atoms with Crippen LogP contribution in [0.3, 0.4) is 0 Å². The highest BCUT2D eigenvalue weighted by molar-refractivity contribution is 5.66. The molecule has 1 aliphatic rings. The van der Waals surface area contributed by atoms with Crippen molar-refractivity contribution in [3.8, 4) is 0 Å². The molecule has 1 aliphatic heterocycles. The number of aliphatic carboxylic acids is 1. The molecule has 0 spiro atoms. The van der Waals surface area contributed by atoms with Crippen molar-refractivity contribution in [2.24, 2.45) is 0 Å². The number of nitrogens with one attached hydrogen (secondary N) is 1. The van der Waals surface area contributed by atoms with E-state index in [0.29, 0.717) is 12.6 Å². The minimum Gasteiger partial charge on any atom is -0.481 e. The highest BCUT2D eigenvalue weighted by atomic mass is 16.4. The van der Waals surface area contributed by atoms with E-state index in [1.165, 1.54) is 5.56 Å². The molecule has 98 valence electrons. The minimum absolute atomic E-state index is 0.234. The Morgan fingerprint density at radius 3 is 2.89 bits per heavy atom. The van der Waals surface area contributed by atoms with Crippen LogP contribution in [0.25, 0.3) is 0 Å². The summed E-state index contributed by atoms with van der Waals surface area (Å²) >= 11 is 0. The van der Waals surface area contributed by atoms with Gasteiger partial charge >= 0.3 is 5.97 Å². The molecule has 2 N–H and O–H groups in total. The molecular weight excluding hydrogens is 228 g/mol. The largest absolute Gasteiger partial charge is 0.481 e. The second-order valence-corrected chi connectivity index (χ2v) is 4.79. The molecule has 1 aromatic rings. The molecule has 1 atom stereocenters. The van der Waals surface area contributed by atoms with Crippen molar-refractivity contribution in [2.45, 2.75) is 18.9 Å². The molecule has 0 aromatic heterocycles. The minimum atomic E-state index is -0.715. The molecule has 0 aliphatic carbocycles. The van der Waals surface area contributed by atoms with Gasteiger partial charge in [-0.15, -0.1) is 0 Å². The zero-order chi connectivity index (χ0) is 12.8. The van der Waals surface area contributed by atoms with Crippen molar-refractivity contribution < 1.29 is 9.90 Å². The Morgan fingerprint density at radius 2 is 2.17 bits per heavy atom. The number of nitrogens with zero attached hydrogens (tertiary/aromatic N) is 1. The fourth-order valence-corrected chi connectivity index (χ4v) is 2.39. The van der Waals surface area contributed by atoms with Crippen LogP contribution < -0.4 is 5.32 Å². The number of benzene rings is 1. The predicted octanol–water partition coefficient (Wildman–Crippen LogP) is 0.978. The van der Waals surface area contributed by atoms with Gasteiger partial charge in [-0.25, -0.2) is 0 Å². The summed E-state index contributed by atoms with van der Waals surface area (Å²) in [6, 6.07) is 10.8. The van der Waals surface area contributed by atoms with Gasteiger partial charge in [-0.1, -0.05) is 30.3 Å². The molecule has 0 amide bonds. The van der Waals surface area contributed by atoms with Crippen LogP contribution in [-0.4, -0.2) is 48.2 Å². The SMILES string of the molecule is O=C(O)CCN1CCN[C@@H](Cc2ccccc2)C1. The number of piperazine rings is 1. The number of carboxylic acids is 1. The molecule has 0 saturated carbocycles. The molecule has 4 nitrogen and oxygen atoms in total. The van der Waals surface area contributed by atoms with Crippen LogP contribution in [-0.2, 0) is 11.2 Å². The zero-order valence-electron chi connectivity index (χ0n) is 10.5. The van der Waals surface area contributed by atoms with E-state index in [-0.39, 0.29) is 6.42 Å². The Hall–Kier alpha value is -1.39. The lowest BCUT2D eigenvalue weighted by molar-refractivity contribution is -0.137. The number of hydrogen-bond donors (Lipinski definition) is 2. The first-order valence-electron chi connectivity index (χ1n) is 6.45. The van der Waals surface area contributed by atoms with E-state index in [4.69, 9.17) is 5.11 Å². The number of rotatable bonds is 5. The lowest BCUT2D eigenvalue weighted by Gasteiger charge is -2.33. The van der Waals surface area contributed by atoms with Crippen LogP contribution in [0.4, 0.5) is 0 Å². The van der Waals surface area contributed by atoms with E-state index < -0.39 is 5.97 Å². The third-order valence-corrected chi connectivity index (χ3v) is 3.31. The molecule has 0 bridgehead atoms. The average molecular weight is 248 g/mol. The van der Waals surface area contributed by atoms with E-state index in [2.05, 4.69) is 34.5 Å². The standard InChI is InChI=1S/C14H20N2O2/c17-14(18)6-8-16-9-7-15-13(11-16)10-12-4-2-1-3-5-12/h1-5,13,15H,6-11H2,(H,17,18)/t13-/m0/s1. The van der Waals surface area contributed by atoms with E-state index in [0.717, 1.165) is 26.1 Å². The number of hydrogen-bond acceptors (Lipinski definition) is 3. The zero-order valence-corrected chi connectivity index (χ0v) is 10.5. The van der Waals surface area contributed by atoms with Crippen molar-refractivity contribution in [1.82, 2.24) is 10.2 Å². The van der Waals surface area contributed by atoms with Gasteiger partial charge in [-0.2, -0.15) is 0 Å². The Kier molecular flexibility index (Phi) is 4.73. The topological polar surface area (TPSA) is 52.6 Å². The van der Waals surface area contributed by atoms with Crippen LogP contribution in [0, 0.1) is 0 Å². The molecule has 0 unspecified atom stereocenters. The Labute approximate surface area is 108 Å². The predicted molar refractivity (Wildman–Crippen MR) is 70.6 cm³/mol. The first-order chi connectivity index (χ1) is 8.74. The van der Waals surface area contributed by atoms with E-state index in [9.17, 15) is 4.79 Å². The first-order valence-corrected chi connectivity index (χ1v) is 6.45. The first kappa shape index (κ1) is 13.1. The lowest BCUT2D eigenvalue weighted by atomic mass is 10.0. The summed E-state index contributed by atoms with van der Waals surface area (Å²) < 4.78 is 0. The van der Waals surface area contributed by atoms with Gasteiger partial charge in [-0.05, 0) is 12.0 Å². The van der Waals surface area contributed by atoms with Crippen molar-refractivity contribution in [2.75, 3.05) is 26.2 Å². The molecule has 18 heavy (non-hydrogen) atoms. The molecule has 1 heterocycles. The van der Waals surface area contributed by atoms with Crippen molar-refractivity contribution in [3.63, 3.8) is 0 Å². The smallest absolute Gasteiger partial charge is 0.304 e. The highest BCUT2D eigenvalue weighted by Crippen LogP contribution is 2.07. The van der Waals surface area contributed by atoms with E-state index in [1.807, 2.05) is 6.07 Å². The molecule has 4 heteroatoms. The van der Waals surface area contributed by atoms with Crippen LogP contribution >= 0.6 is 0 Å². The van der Waals surface area contributed by atoms with Crippen LogP contribution in [0.5, 0.6) is 0 Å². The maximum Gasteiger partial charge on any atom is 0.304 e. The molecule has 1 saturated heterocycles. The second-order valence-electron chi connectivity index (χ2n) is 4.79. The van der Waals surface area contributed by atoms with Gasteiger partial charge in [0.05, 0.1) is 6.42 Å². The maximum absolute atomic E-state index is 10.6. The van der Waals surface area contributed by atoms with E-state index in [1.54, 1.807) is 0 Å². The summed E-state index contributed by atoms with van der Waals surface area (Å²) in [7, 11) is 0. The Bertz CT molecular complexity index is 381. The number of carbonyl (C=O) groups is 1. The summed E-state index contributed by atoms with van der Waals surface area (Å²) in [6.07, 6.45) is 1.24. The molecule has 1 fully saturated rings. The Balaban J connectivity index is 1.81. The molecular formula is C14H20N2O2. The maximum atomic E-state index is 10.6. The highest BCUT2D eigenvalue weighted by Gasteiger charge is 2.19. The van der Waals surface area contributed by atoms with Gasteiger partial charge < -0.3 is 10.4 Å². The van der Waals surface area contributed by atoms with Crippen LogP contribution in [0.1, 0.15) is 12.0 Å². The summed E-state index contributed by atoms with van der Waals surface area (Å²) in [5.41, 5.74) is 1.33. The summed E-state index contributed by atoms with van der Waals surface area (Å²) in [4.78, 5) is 12.8. The van der Waals surface area contributed by atoms with Crippen LogP contribution in [0.15, 0.2) is 30.3 Å². The second kappa shape index (κ2) is 6.52. The van der Waals surface area contributed by atoms with Gasteiger partial charge in [0.15, 0.2) is 0 Å². The molecule has 1 aromatic carbocycles. The van der Waals surface area contributed by atoms with Crippen molar-refractivity contribution in [1.29, 1.82) is 0 Å². The molecule has 2 rings (SSSR count). The van der Waals surface area contributed by atoms with Crippen LogP contribution in [0.2, 0.25) is 0 Å². The number of carboxylic acid groups (broad SMARTS) is 1. The van der Waals surface area contributed by atoms with Gasteiger partial charge in [0, 0.05) is 32.2 Å². The summed E-state index contributed by atoms with van der Waals surface area (Å²) in [5.74, 6) is -0.715. The third-order valence-electron chi connectivity index (χ3n) is 3.31. The summed E-state index contributed by atoms with van der Waals surface area (Å²) in [6.45, 7) is 3.47. The normalized spacial score (nSPS) is 20.8.